The monoisotopic (exact) mass is 290 g/mol. The average molecular weight is 290 g/mol. The molecular weight excluding hydrogens is 277 g/mol. The molecule has 5 nitrogen and oxygen atoms in total. The van der Waals surface area contributed by atoms with E-state index in [1.165, 1.54) is 12.1 Å². The predicted octanol–water partition coefficient (Wildman–Crippen LogP) is 1.37. The van der Waals surface area contributed by atoms with E-state index in [1.54, 1.807) is 6.92 Å². The number of carbonyl (C=O) groups excluding carboxylic acids is 2. The molecule has 0 spiro atoms. The lowest BCUT2D eigenvalue weighted by molar-refractivity contribution is -0.154. The maximum absolute atomic E-state index is 12.1. The highest BCUT2D eigenvalue weighted by molar-refractivity contribution is 6.32. The molecule has 1 aromatic rings. The first-order valence-electron chi connectivity index (χ1n) is 5.77. The van der Waals surface area contributed by atoms with Crippen molar-refractivity contribution in [1.29, 1.82) is 0 Å². The standard InChI is InChI=1S/C12H13F3N2O3/c1-2-20-11(19)10(18)17-7-9-4-3-8(6-16-9)5-12(13,14)15/h3-4,6H,2,5,7H2,1H3,(H,17,18). The molecule has 0 saturated carbocycles. The van der Waals surface area contributed by atoms with Crippen molar-refractivity contribution in [2.24, 2.45) is 0 Å². The number of pyridine rings is 1. The third kappa shape index (κ3) is 5.68. The van der Waals surface area contributed by atoms with Gasteiger partial charge in [0.2, 0.25) is 0 Å². The van der Waals surface area contributed by atoms with E-state index in [1.807, 2.05) is 0 Å². The van der Waals surface area contributed by atoms with Gasteiger partial charge in [0.1, 0.15) is 0 Å². The maximum atomic E-state index is 12.1. The molecule has 0 saturated heterocycles. The molecule has 8 heteroatoms. The van der Waals surface area contributed by atoms with Gasteiger partial charge in [-0.2, -0.15) is 13.2 Å². The number of hydrogen-bond donors (Lipinski definition) is 1. The Morgan fingerprint density at radius 3 is 2.55 bits per heavy atom. The normalized spacial score (nSPS) is 11.0. The molecule has 0 aliphatic rings. The Kier molecular flexibility index (Phi) is 5.48. The minimum Gasteiger partial charge on any atom is -0.459 e. The molecule has 0 unspecified atom stereocenters. The number of amides is 1. The maximum Gasteiger partial charge on any atom is 0.396 e. The molecule has 1 heterocycles. The largest absolute Gasteiger partial charge is 0.459 e. The Hall–Kier alpha value is -2.12. The van der Waals surface area contributed by atoms with Crippen LogP contribution in [0.5, 0.6) is 0 Å². The average Bonchev–Trinajstić information content (AvgIpc) is 2.36. The molecule has 0 bridgehead atoms. The number of carbonyl (C=O) groups is 2. The van der Waals surface area contributed by atoms with Crippen LogP contribution in [-0.2, 0) is 27.3 Å². The van der Waals surface area contributed by atoms with Gasteiger partial charge in [-0.3, -0.25) is 9.78 Å². The van der Waals surface area contributed by atoms with E-state index < -0.39 is 24.5 Å². The van der Waals surface area contributed by atoms with Crippen molar-refractivity contribution in [2.45, 2.75) is 26.1 Å². The van der Waals surface area contributed by atoms with E-state index in [0.717, 1.165) is 6.20 Å². The van der Waals surface area contributed by atoms with Crippen LogP contribution in [0.3, 0.4) is 0 Å². The van der Waals surface area contributed by atoms with Gasteiger partial charge in [-0.1, -0.05) is 6.07 Å². The van der Waals surface area contributed by atoms with Gasteiger partial charge in [0, 0.05) is 6.20 Å². The molecule has 1 rings (SSSR count). The number of halogens is 3. The first kappa shape index (κ1) is 15.9. The van der Waals surface area contributed by atoms with Crippen molar-refractivity contribution < 1.29 is 27.5 Å². The second-order valence-corrected chi connectivity index (χ2v) is 3.85. The zero-order chi connectivity index (χ0) is 15.2. The molecule has 1 amide bonds. The Morgan fingerprint density at radius 2 is 2.05 bits per heavy atom. The number of esters is 1. The minimum absolute atomic E-state index is 0.0259. The third-order valence-corrected chi connectivity index (χ3v) is 2.18. The number of hydrogen-bond acceptors (Lipinski definition) is 4. The summed E-state index contributed by atoms with van der Waals surface area (Å²) in [6.07, 6.45) is -4.27. The highest BCUT2D eigenvalue weighted by Gasteiger charge is 2.27. The van der Waals surface area contributed by atoms with E-state index in [9.17, 15) is 22.8 Å². The van der Waals surface area contributed by atoms with Gasteiger partial charge in [-0.05, 0) is 18.6 Å². The molecule has 0 aliphatic carbocycles. The third-order valence-electron chi connectivity index (χ3n) is 2.18. The Labute approximate surface area is 113 Å². The molecule has 1 aromatic heterocycles. The van der Waals surface area contributed by atoms with Gasteiger partial charge in [0.15, 0.2) is 0 Å². The summed E-state index contributed by atoms with van der Waals surface area (Å²) >= 11 is 0. The Bertz CT molecular complexity index is 472. The summed E-state index contributed by atoms with van der Waals surface area (Å²) in [6.45, 7) is 1.58. The van der Waals surface area contributed by atoms with E-state index in [2.05, 4.69) is 15.0 Å². The highest BCUT2D eigenvalue weighted by Crippen LogP contribution is 2.20. The van der Waals surface area contributed by atoms with Crippen LogP contribution in [0.15, 0.2) is 18.3 Å². The van der Waals surface area contributed by atoms with Crippen LogP contribution in [0.25, 0.3) is 0 Å². The smallest absolute Gasteiger partial charge is 0.396 e. The van der Waals surface area contributed by atoms with Crippen molar-refractivity contribution in [2.75, 3.05) is 6.61 Å². The van der Waals surface area contributed by atoms with Crippen LogP contribution < -0.4 is 5.32 Å². The molecule has 0 atom stereocenters. The molecule has 0 aliphatic heterocycles. The molecule has 0 fully saturated rings. The molecule has 20 heavy (non-hydrogen) atoms. The van der Waals surface area contributed by atoms with Gasteiger partial charge >= 0.3 is 18.1 Å². The van der Waals surface area contributed by atoms with Gasteiger partial charge in [0.05, 0.1) is 25.3 Å². The lowest BCUT2D eigenvalue weighted by Gasteiger charge is -2.07. The van der Waals surface area contributed by atoms with Crippen molar-refractivity contribution in [1.82, 2.24) is 10.3 Å². The molecule has 0 radical (unpaired) electrons. The zero-order valence-corrected chi connectivity index (χ0v) is 10.7. The number of rotatable bonds is 4. The number of alkyl halides is 3. The summed E-state index contributed by atoms with van der Waals surface area (Å²) in [4.78, 5) is 26.0. The number of aromatic nitrogens is 1. The summed E-state index contributed by atoms with van der Waals surface area (Å²) in [5.74, 6) is -1.94. The second-order valence-electron chi connectivity index (χ2n) is 3.85. The SMILES string of the molecule is CCOC(=O)C(=O)NCc1ccc(CC(F)(F)F)cn1. The van der Waals surface area contributed by atoms with E-state index >= 15 is 0 Å². The van der Waals surface area contributed by atoms with Crippen LogP contribution in [0.4, 0.5) is 13.2 Å². The molecule has 1 N–H and O–H groups in total. The number of nitrogens with one attached hydrogen (secondary N) is 1. The predicted molar refractivity (Wildman–Crippen MR) is 62.5 cm³/mol. The van der Waals surface area contributed by atoms with E-state index in [0.29, 0.717) is 5.69 Å². The first-order chi connectivity index (χ1) is 9.31. The number of nitrogens with zero attached hydrogens (tertiary/aromatic N) is 1. The van der Waals surface area contributed by atoms with Crippen LogP contribution in [-0.4, -0.2) is 29.6 Å². The van der Waals surface area contributed by atoms with E-state index in [-0.39, 0.29) is 18.7 Å². The molecule has 110 valence electrons. The summed E-state index contributed by atoms with van der Waals surface area (Å²) in [5.41, 5.74) is 0.367. The molecular formula is C12H13F3N2O3. The lowest BCUT2D eigenvalue weighted by Crippen LogP contribution is -2.32. The summed E-state index contributed by atoms with van der Waals surface area (Å²) in [5, 5.41) is 2.25. The van der Waals surface area contributed by atoms with Crippen LogP contribution in [0.2, 0.25) is 0 Å². The zero-order valence-electron chi connectivity index (χ0n) is 10.7. The lowest BCUT2D eigenvalue weighted by atomic mass is 10.2. The van der Waals surface area contributed by atoms with Crippen LogP contribution >= 0.6 is 0 Å². The topological polar surface area (TPSA) is 68.3 Å². The van der Waals surface area contributed by atoms with Gasteiger partial charge in [0.25, 0.3) is 0 Å². The fraction of sp³-hybridized carbons (Fsp3) is 0.417. The first-order valence-corrected chi connectivity index (χ1v) is 5.77. The second kappa shape index (κ2) is 6.88. The quantitative estimate of drug-likeness (QED) is 0.671. The fourth-order valence-corrected chi connectivity index (χ4v) is 1.34. The van der Waals surface area contributed by atoms with Gasteiger partial charge in [-0.15, -0.1) is 0 Å². The summed E-state index contributed by atoms with van der Waals surface area (Å²) in [6, 6.07) is 2.62. The van der Waals surface area contributed by atoms with Crippen molar-refractivity contribution >= 4 is 11.9 Å². The number of ether oxygens (including phenoxy) is 1. The van der Waals surface area contributed by atoms with Gasteiger partial charge in [-0.25, -0.2) is 4.79 Å². The minimum atomic E-state index is -4.29. The highest BCUT2D eigenvalue weighted by atomic mass is 19.4. The fourth-order valence-electron chi connectivity index (χ4n) is 1.34. The van der Waals surface area contributed by atoms with Crippen LogP contribution in [0, 0.1) is 0 Å². The Morgan fingerprint density at radius 1 is 1.35 bits per heavy atom. The van der Waals surface area contributed by atoms with Gasteiger partial charge < -0.3 is 10.1 Å². The van der Waals surface area contributed by atoms with Crippen molar-refractivity contribution in [3.63, 3.8) is 0 Å². The summed E-state index contributed by atoms with van der Waals surface area (Å²) < 4.78 is 40.8. The van der Waals surface area contributed by atoms with E-state index in [4.69, 9.17) is 0 Å². The van der Waals surface area contributed by atoms with Crippen molar-refractivity contribution in [3.8, 4) is 0 Å². The Balaban J connectivity index is 2.50. The molecule has 0 aromatic carbocycles. The van der Waals surface area contributed by atoms with Crippen molar-refractivity contribution in [3.05, 3.63) is 29.6 Å². The summed E-state index contributed by atoms with van der Waals surface area (Å²) in [7, 11) is 0. The van der Waals surface area contributed by atoms with Crippen LogP contribution in [0.1, 0.15) is 18.2 Å².